The number of carbonyl (C=O) groups is 5. The smallest absolute Gasteiger partial charge is 0.326 e. The number of phenolic OH excluding ortho intramolecular Hbond substituents is 1. The molecule has 4 unspecified atom stereocenters. The van der Waals surface area contributed by atoms with Crippen LogP contribution in [0.2, 0.25) is 0 Å². The molecule has 0 aliphatic heterocycles. The van der Waals surface area contributed by atoms with Crippen LogP contribution < -0.4 is 33.2 Å². The third-order valence-corrected chi connectivity index (χ3v) is 6.50. The van der Waals surface area contributed by atoms with Crippen molar-refractivity contribution in [3.63, 3.8) is 0 Å². The number of benzene rings is 1. The molecule has 0 bridgehead atoms. The SMILES string of the molecule is CSCCC(NC(=O)C(N)CCC(N)=O)C(=O)NC(CCCCN)C(=O)NC(Cc1ccc(O)cc1)C(=O)O. The first-order valence-corrected chi connectivity index (χ1v) is 14.0. The summed E-state index contributed by atoms with van der Waals surface area (Å²) in [6, 6.07) is 1.48. The van der Waals surface area contributed by atoms with E-state index in [4.69, 9.17) is 17.2 Å². The van der Waals surface area contributed by atoms with Gasteiger partial charge in [-0.1, -0.05) is 12.1 Å². The molecule has 13 nitrogen and oxygen atoms in total. The standard InChI is InChI=1S/C25H40N6O7S/c1-39-13-11-19(29-22(34)17(27)9-10-21(28)33)24(36)30-18(4-2-3-12-26)23(35)31-20(25(37)38)14-15-5-7-16(32)8-6-15/h5-8,17-20,32H,2-4,9-14,26-27H2,1H3,(H2,28,33)(H,29,34)(H,30,36)(H,31,35)(H,37,38). The van der Waals surface area contributed by atoms with Gasteiger partial charge in [0.05, 0.1) is 6.04 Å². The molecule has 0 fully saturated rings. The third kappa shape index (κ3) is 13.3. The number of carboxylic acids is 1. The molecule has 1 aromatic rings. The lowest BCUT2D eigenvalue weighted by atomic mass is 10.0. The van der Waals surface area contributed by atoms with Crippen molar-refractivity contribution in [3.8, 4) is 5.75 Å². The molecule has 0 aliphatic carbocycles. The van der Waals surface area contributed by atoms with Crippen LogP contribution in [0.25, 0.3) is 0 Å². The number of rotatable bonds is 19. The highest BCUT2D eigenvalue weighted by atomic mass is 32.2. The van der Waals surface area contributed by atoms with Gasteiger partial charge in [0.25, 0.3) is 0 Å². The molecule has 0 heterocycles. The van der Waals surface area contributed by atoms with Crippen molar-refractivity contribution in [1.82, 2.24) is 16.0 Å². The van der Waals surface area contributed by atoms with Gasteiger partial charge in [-0.3, -0.25) is 19.2 Å². The number of thioether (sulfide) groups is 1. The summed E-state index contributed by atoms with van der Waals surface area (Å²) in [5.41, 5.74) is 17.1. The summed E-state index contributed by atoms with van der Waals surface area (Å²) in [5.74, 6) is -3.29. The molecule has 0 radical (unpaired) electrons. The summed E-state index contributed by atoms with van der Waals surface area (Å²) in [6.45, 7) is 0.372. The summed E-state index contributed by atoms with van der Waals surface area (Å²) < 4.78 is 0. The normalized spacial score (nSPS) is 13.9. The van der Waals surface area contributed by atoms with E-state index in [2.05, 4.69) is 16.0 Å². The van der Waals surface area contributed by atoms with Crippen molar-refractivity contribution < 1.29 is 34.2 Å². The second-order valence-corrected chi connectivity index (χ2v) is 10.1. The summed E-state index contributed by atoms with van der Waals surface area (Å²) in [4.78, 5) is 61.7. The molecule has 0 aliphatic rings. The fourth-order valence-corrected chi connectivity index (χ4v) is 4.06. The predicted octanol–water partition coefficient (Wildman–Crippen LogP) is -1.05. The first-order chi connectivity index (χ1) is 18.5. The van der Waals surface area contributed by atoms with Crippen molar-refractivity contribution >= 4 is 41.4 Å². The molecule has 39 heavy (non-hydrogen) atoms. The van der Waals surface area contributed by atoms with Gasteiger partial charge < -0.3 is 43.4 Å². The first-order valence-electron chi connectivity index (χ1n) is 12.6. The maximum absolute atomic E-state index is 13.2. The van der Waals surface area contributed by atoms with E-state index in [0.29, 0.717) is 30.7 Å². The van der Waals surface area contributed by atoms with E-state index in [0.717, 1.165) is 0 Å². The molecule has 4 atom stereocenters. The number of aromatic hydroxyl groups is 1. The zero-order chi connectivity index (χ0) is 29.4. The van der Waals surface area contributed by atoms with Gasteiger partial charge in [-0.25, -0.2) is 4.79 Å². The third-order valence-electron chi connectivity index (χ3n) is 5.85. The lowest BCUT2D eigenvalue weighted by molar-refractivity contribution is -0.142. The highest BCUT2D eigenvalue weighted by Gasteiger charge is 2.30. The zero-order valence-electron chi connectivity index (χ0n) is 22.1. The minimum absolute atomic E-state index is 0.0137. The number of aliphatic carboxylic acids is 1. The van der Waals surface area contributed by atoms with Crippen LogP contribution in [-0.2, 0) is 30.4 Å². The van der Waals surface area contributed by atoms with Crippen molar-refractivity contribution in [1.29, 1.82) is 0 Å². The Labute approximate surface area is 232 Å². The van der Waals surface area contributed by atoms with Crippen molar-refractivity contribution in [2.24, 2.45) is 17.2 Å². The van der Waals surface area contributed by atoms with Gasteiger partial charge in [-0.2, -0.15) is 11.8 Å². The number of carboxylic acid groups (broad SMARTS) is 1. The van der Waals surface area contributed by atoms with E-state index in [1.54, 1.807) is 12.1 Å². The number of carbonyl (C=O) groups excluding carboxylic acids is 4. The van der Waals surface area contributed by atoms with Crippen LogP contribution in [0.15, 0.2) is 24.3 Å². The van der Waals surface area contributed by atoms with Gasteiger partial charge in [0, 0.05) is 12.8 Å². The number of phenols is 1. The molecule has 1 aromatic carbocycles. The highest BCUT2D eigenvalue weighted by Crippen LogP contribution is 2.12. The highest BCUT2D eigenvalue weighted by molar-refractivity contribution is 7.98. The van der Waals surface area contributed by atoms with Gasteiger partial charge in [0.1, 0.15) is 23.9 Å². The second kappa shape index (κ2) is 18.0. The number of nitrogens with two attached hydrogens (primary N) is 3. The largest absolute Gasteiger partial charge is 0.508 e. The van der Waals surface area contributed by atoms with Crippen molar-refractivity contribution in [3.05, 3.63) is 29.8 Å². The van der Waals surface area contributed by atoms with E-state index in [-0.39, 0.29) is 37.9 Å². The molecule has 14 heteroatoms. The fraction of sp³-hybridized carbons (Fsp3) is 0.560. The molecular weight excluding hydrogens is 528 g/mol. The number of hydrogen-bond acceptors (Lipinski definition) is 9. The van der Waals surface area contributed by atoms with Crippen LogP contribution >= 0.6 is 11.8 Å². The Morgan fingerprint density at radius 3 is 1.97 bits per heavy atom. The quantitative estimate of drug-likeness (QED) is 0.0941. The monoisotopic (exact) mass is 568 g/mol. The second-order valence-electron chi connectivity index (χ2n) is 9.07. The Balaban J connectivity index is 2.99. The molecule has 4 amide bonds. The van der Waals surface area contributed by atoms with Gasteiger partial charge >= 0.3 is 5.97 Å². The molecule has 0 aromatic heterocycles. The molecule has 11 N–H and O–H groups in total. The van der Waals surface area contributed by atoms with E-state index in [1.807, 2.05) is 6.26 Å². The average molecular weight is 569 g/mol. The maximum atomic E-state index is 13.2. The van der Waals surface area contributed by atoms with E-state index in [9.17, 15) is 34.2 Å². The van der Waals surface area contributed by atoms with Crippen LogP contribution in [0.4, 0.5) is 0 Å². The molecule has 218 valence electrons. The Hall–Kier alpha value is -3.36. The number of nitrogens with one attached hydrogen (secondary N) is 3. The first kappa shape index (κ1) is 33.7. The average Bonchev–Trinajstić information content (AvgIpc) is 2.89. The Kier molecular flexibility index (Phi) is 15.6. The zero-order valence-corrected chi connectivity index (χ0v) is 22.9. The van der Waals surface area contributed by atoms with Crippen LogP contribution in [0.3, 0.4) is 0 Å². The Bertz CT molecular complexity index is 963. The maximum Gasteiger partial charge on any atom is 0.326 e. The minimum Gasteiger partial charge on any atom is -0.508 e. The molecule has 0 saturated heterocycles. The Morgan fingerprint density at radius 2 is 1.44 bits per heavy atom. The van der Waals surface area contributed by atoms with Crippen molar-refractivity contribution in [2.75, 3.05) is 18.6 Å². The molecule has 1 rings (SSSR count). The molecule has 0 saturated carbocycles. The predicted molar refractivity (Wildman–Crippen MR) is 148 cm³/mol. The lowest BCUT2D eigenvalue weighted by Gasteiger charge is -2.25. The lowest BCUT2D eigenvalue weighted by Crippen LogP contribution is -2.57. The van der Waals surface area contributed by atoms with Gasteiger partial charge in [-0.15, -0.1) is 0 Å². The van der Waals surface area contributed by atoms with E-state index >= 15 is 0 Å². The van der Waals surface area contributed by atoms with Crippen molar-refractivity contribution in [2.45, 2.75) is 69.1 Å². The van der Waals surface area contributed by atoms with Crippen LogP contribution in [0, 0.1) is 0 Å². The van der Waals surface area contributed by atoms with Crippen LogP contribution in [0.5, 0.6) is 5.75 Å². The number of amides is 4. The molecular formula is C25H40N6O7S. The van der Waals surface area contributed by atoms with E-state index < -0.39 is 53.8 Å². The van der Waals surface area contributed by atoms with Gasteiger partial charge in [-0.05, 0) is 68.4 Å². The fourth-order valence-electron chi connectivity index (χ4n) is 3.59. The van der Waals surface area contributed by atoms with Gasteiger partial charge in [0.2, 0.25) is 23.6 Å². The number of unbranched alkanes of at least 4 members (excludes halogenated alkanes) is 1. The number of hydrogen-bond donors (Lipinski definition) is 8. The summed E-state index contributed by atoms with van der Waals surface area (Å²) in [6.07, 6.45) is 3.23. The van der Waals surface area contributed by atoms with Crippen LogP contribution in [0.1, 0.15) is 44.1 Å². The number of primary amides is 1. The summed E-state index contributed by atoms with van der Waals surface area (Å²) >= 11 is 1.45. The van der Waals surface area contributed by atoms with Crippen LogP contribution in [-0.4, -0.2) is 82.5 Å². The summed E-state index contributed by atoms with van der Waals surface area (Å²) in [7, 11) is 0. The van der Waals surface area contributed by atoms with Gasteiger partial charge in [0.15, 0.2) is 0 Å². The minimum atomic E-state index is -1.29. The molecule has 0 spiro atoms. The van der Waals surface area contributed by atoms with E-state index in [1.165, 1.54) is 23.9 Å². The topological polar surface area (TPSA) is 240 Å². The summed E-state index contributed by atoms with van der Waals surface area (Å²) in [5, 5.41) is 26.8. The Morgan fingerprint density at radius 1 is 0.872 bits per heavy atom.